The van der Waals surface area contributed by atoms with Crippen LogP contribution in [0.25, 0.3) is 0 Å². The van der Waals surface area contributed by atoms with Crippen LogP contribution in [0.3, 0.4) is 0 Å². The van der Waals surface area contributed by atoms with Crippen molar-refractivity contribution in [2.75, 3.05) is 0 Å². The van der Waals surface area contributed by atoms with E-state index in [0.29, 0.717) is 0 Å². The van der Waals surface area contributed by atoms with E-state index in [1.54, 1.807) is 0 Å². The minimum absolute atomic E-state index is 0. The fraction of sp³-hybridized carbons (Fsp3) is 0. The fourth-order valence-corrected chi connectivity index (χ4v) is 0. The zero-order valence-electron chi connectivity index (χ0n) is 3.12. The molecule has 0 aliphatic rings. The van der Waals surface area contributed by atoms with E-state index in [1.807, 2.05) is 0 Å². The van der Waals surface area contributed by atoms with Crippen LogP contribution in [0.2, 0.25) is 0 Å². The Morgan fingerprint density at radius 1 is 0.500 bits per heavy atom. The van der Waals surface area contributed by atoms with E-state index in [2.05, 4.69) is 0 Å². The van der Waals surface area contributed by atoms with E-state index in [-0.39, 0.29) is 68.7 Å². The van der Waals surface area contributed by atoms with Crippen LogP contribution in [0.5, 0.6) is 0 Å². The number of hydrogen-bond donors (Lipinski definition) is 0. The van der Waals surface area contributed by atoms with Crippen molar-refractivity contribution in [3.8, 4) is 0 Å². The van der Waals surface area contributed by atoms with Crippen molar-refractivity contribution >= 4 is 0 Å². The first-order valence-electron chi connectivity index (χ1n) is 0. The molecule has 0 saturated heterocycles. The molecule has 0 saturated carbocycles. The summed E-state index contributed by atoms with van der Waals surface area (Å²) in [6.07, 6.45) is 0. The smallest absolute Gasteiger partial charge is 2.00 e. The van der Waals surface area contributed by atoms with Crippen molar-refractivity contribution in [3.05, 3.63) is 0 Å². The van der Waals surface area contributed by atoms with E-state index in [9.17, 15) is 0 Å². The Kier molecular flexibility index (Phi) is 43200. The minimum Gasteiger partial charge on any atom is -2.00 e. The molecule has 1 radical (unpaired) electrons. The largest absolute Gasteiger partial charge is 6.00 e. The predicted molar refractivity (Wildman–Crippen MR) is 2.06 cm³/mol. The predicted octanol–water partition coefficient (Wildman–Crippen LogP) is -9.35. The van der Waals surface area contributed by atoms with Crippen molar-refractivity contribution in [2.24, 2.45) is 0 Å². The monoisotopic (exact) mass is 259 g/mol. The second-order valence-corrected chi connectivity index (χ2v) is 0. The zero-order valence-corrected chi connectivity index (χ0v) is 6.23. The molecule has 0 atom stereocenters. The Bertz CT molecular complexity index is 14.5. The molecule has 0 bridgehead atoms. The molecule has 8 heteroatoms. The van der Waals surface area contributed by atoms with Crippen LogP contribution >= 0.6 is 0 Å². The maximum atomic E-state index is 0. The molecular formula is F3FeMoO3. The Morgan fingerprint density at radius 3 is 0.500 bits per heavy atom. The van der Waals surface area contributed by atoms with Gasteiger partial charge in [0.2, 0.25) is 0 Å². The summed E-state index contributed by atoms with van der Waals surface area (Å²) in [4.78, 5) is 0. The van der Waals surface area contributed by atoms with Crippen LogP contribution in [-0.4, -0.2) is 0 Å². The molecular weight excluding hydrogens is 257 g/mol. The molecule has 0 rings (SSSR count). The van der Waals surface area contributed by atoms with E-state index in [1.165, 1.54) is 0 Å². The number of hydrogen-bond acceptors (Lipinski definition) is 0. The summed E-state index contributed by atoms with van der Waals surface area (Å²) in [5.74, 6) is 0. The van der Waals surface area contributed by atoms with Crippen LogP contribution in [0.15, 0.2) is 0 Å². The van der Waals surface area contributed by atoms with Gasteiger partial charge in [-0.2, -0.15) is 0 Å². The summed E-state index contributed by atoms with van der Waals surface area (Å²) in [5, 5.41) is 0. The topological polar surface area (TPSA) is 85.5 Å². The second kappa shape index (κ2) is 484. The average molecular weight is 257 g/mol. The normalized spacial score (nSPS) is 0. The SMILES string of the molecule is [F-].[F-].[F-].[Fe+3].[Mo+6].[O-2].[O-2].[O-2]. The maximum Gasteiger partial charge on any atom is 6.00 e. The Balaban J connectivity index is 0. The van der Waals surface area contributed by atoms with Crippen LogP contribution in [0, 0.1) is 0 Å². The van der Waals surface area contributed by atoms with Gasteiger partial charge in [0.15, 0.2) is 0 Å². The third-order valence-electron chi connectivity index (χ3n) is 0. The summed E-state index contributed by atoms with van der Waals surface area (Å²) >= 11 is 0. The zero-order chi connectivity index (χ0) is 0. The molecule has 0 spiro atoms. The number of rotatable bonds is 0. The standard InChI is InChI=1S/3FH.Fe.Mo.3O/h3*1H;;;;;/q;;;+3;+6;3*-2/p-3. The number of halogens is 3. The summed E-state index contributed by atoms with van der Waals surface area (Å²) in [6, 6.07) is 0. The first-order valence-corrected chi connectivity index (χ1v) is 0. The third kappa shape index (κ3) is 308. The molecule has 0 N–H and O–H groups in total. The minimum atomic E-state index is 0. The molecule has 0 amide bonds. The molecule has 0 aromatic rings. The van der Waals surface area contributed by atoms with Crippen LogP contribution in [0.1, 0.15) is 0 Å². The van der Waals surface area contributed by atoms with Gasteiger partial charge in [-0.3, -0.25) is 0 Å². The van der Waals surface area contributed by atoms with E-state index >= 15 is 0 Å². The summed E-state index contributed by atoms with van der Waals surface area (Å²) in [6.45, 7) is 0. The molecule has 0 unspecified atom stereocenters. The Morgan fingerprint density at radius 2 is 0.500 bits per heavy atom. The molecule has 0 aromatic heterocycles. The van der Waals surface area contributed by atoms with Crippen LogP contribution in [0.4, 0.5) is 0 Å². The van der Waals surface area contributed by atoms with Gasteiger partial charge in [0.25, 0.3) is 0 Å². The van der Waals surface area contributed by atoms with E-state index in [0.717, 1.165) is 0 Å². The van der Waals surface area contributed by atoms with Crippen LogP contribution in [-0.2, 0) is 54.6 Å². The molecule has 8 heavy (non-hydrogen) atoms. The first kappa shape index (κ1) is 715. The van der Waals surface area contributed by atoms with E-state index in [4.69, 9.17) is 0 Å². The molecule has 0 fully saturated rings. The van der Waals surface area contributed by atoms with Gasteiger partial charge in [0.05, 0.1) is 0 Å². The molecule has 0 heterocycles. The van der Waals surface area contributed by atoms with Gasteiger partial charge in [0.1, 0.15) is 0 Å². The van der Waals surface area contributed by atoms with Gasteiger partial charge in [-0.15, -0.1) is 0 Å². The summed E-state index contributed by atoms with van der Waals surface area (Å²) in [5.41, 5.74) is 0. The Hall–Kier alpha value is 0.878. The molecule has 0 aliphatic heterocycles. The van der Waals surface area contributed by atoms with Gasteiger partial charge in [-0.1, -0.05) is 0 Å². The third-order valence-corrected chi connectivity index (χ3v) is 0. The average Bonchev–Trinajstić information content (AvgIpc) is 0. The van der Waals surface area contributed by atoms with Crippen molar-refractivity contribution in [3.63, 3.8) is 0 Å². The van der Waals surface area contributed by atoms with Crippen molar-refractivity contribution < 1.29 is 68.7 Å². The summed E-state index contributed by atoms with van der Waals surface area (Å²) in [7, 11) is 0. The van der Waals surface area contributed by atoms with Gasteiger partial charge < -0.3 is 30.5 Å². The maximum absolute atomic E-state index is 0. The van der Waals surface area contributed by atoms with Crippen LogP contribution < -0.4 is 14.1 Å². The second-order valence-electron chi connectivity index (χ2n) is 0. The van der Waals surface area contributed by atoms with Crippen molar-refractivity contribution in [1.29, 1.82) is 0 Å². The summed E-state index contributed by atoms with van der Waals surface area (Å²) < 4.78 is 0. The quantitative estimate of drug-likeness (QED) is 0.386. The molecule has 53 valence electrons. The fourth-order valence-electron chi connectivity index (χ4n) is 0. The molecule has 3 nitrogen and oxygen atoms in total. The van der Waals surface area contributed by atoms with Gasteiger partial charge in [0, 0.05) is 0 Å². The molecule has 0 aliphatic carbocycles. The first-order chi connectivity index (χ1) is 0. The van der Waals surface area contributed by atoms with Gasteiger partial charge in [-0.05, 0) is 0 Å². The van der Waals surface area contributed by atoms with Crippen molar-refractivity contribution in [1.82, 2.24) is 0 Å². The van der Waals surface area contributed by atoms with Gasteiger partial charge in [-0.25, -0.2) is 0 Å². The van der Waals surface area contributed by atoms with Gasteiger partial charge >= 0.3 is 38.1 Å². The molecule has 0 aromatic carbocycles. The Labute approximate surface area is 69.0 Å². The van der Waals surface area contributed by atoms with E-state index < -0.39 is 0 Å². The van der Waals surface area contributed by atoms with Crippen molar-refractivity contribution in [2.45, 2.75) is 0 Å².